The number of ketones is 1. The van der Waals surface area contributed by atoms with Crippen molar-refractivity contribution in [2.45, 2.75) is 0 Å². The van der Waals surface area contributed by atoms with E-state index in [0.29, 0.717) is 34.1 Å². The topological polar surface area (TPSA) is 54.0 Å². The molecule has 5 nitrogen and oxygen atoms in total. The summed E-state index contributed by atoms with van der Waals surface area (Å²) in [6.07, 6.45) is 0. The van der Waals surface area contributed by atoms with Crippen LogP contribution in [0.3, 0.4) is 0 Å². The first kappa shape index (κ1) is 21.6. The van der Waals surface area contributed by atoms with Crippen molar-refractivity contribution in [3.05, 3.63) is 83.9 Å². The average molecular weight is 453 g/mol. The third-order valence-electron chi connectivity index (χ3n) is 6.19. The summed E-state index contributed by atoms with van der Waals surface area (Å²) >= 11 is 0. The molecule has 0 amide bonds. The van der Waals surface area contributed by atoms with E-state index in [1.165, 1.54) is 0 Å². The largest absolute Gasteiger partial charge is 0.497 e. The third-order valence-corrected chi connectivity index (χ3v) is 6.19. The molecule has 0 heterocycles. The van der Waals surface area contributed by atoms with Crippen LogP contribution < -0.4 is 18.9 Å². The summed E-state index contributed by atoms with van der Waals surface area (Å²) in [6.45, 7) is 0. The molecule has 5 rings (SSSR count). The monoisotopic (exact) mass is 452 g/mol. The Morgan fingerprint density at radius 1 is 0.412 bits per heavy atom. The zero-order valence-electron chi connectivity index (χ0n) is 19.5. The Morgan fingerprint density at radius 3 is 1.09 bits per heavy atom. The lowest BCUT2D eigenvalue weighted by Crippen LogP contribution is -1.95. The zero-order valence-corrected chi connectivity index (χ0v) is 19.5. The molecule has 0 unspecified atom stereocenters. The van der Waals surface area contributed by atoms with Crippen molar-refractivity contribution < 1.29 is 23.7 Å². The standard InChI is InChI=1S/C29H24O5/c1-31-21-9-19(10-22(15-21)32-2)17-5-7-25-27(13-17)28-14-18(6-8-26(28)29(25)30)20-11-23(33-3)16-24(12-20)34-4/h5-16H,1-4H3. The van der Waals surface area contributed by atoms with Crippen molar-refractivity contribution in [3.63, 3.8) is 0 Å². The van der Waals surface area contributed by atoms with Crippen molar-refractivity contribution in [1.29, 1.82) is 0 Å². The fourth-order valence-corrected chi connectivity index (χ4v) is 4.38. The average Bonchev–Trinajstić information content (AvgIpc) is 3.18. The minimum absolute atomic E-state index is 0.0366. The van der Waals surface area contributed by atoms with Gasteiger partial charge < -0.3 is 18.9 Å². The van der Waals surface area contributed by atoms with Crippen molar-refractivity contribution in [3.8, 4) is 56.4 Å². The minimum Gasteiger partial charge on any atom is -0.497 e. The predicted octanol–water partition coefficient (Wildman–Crippen LogP) is 6.27. The highest BCUT2D eigenvalue weighted by molar-refractivity contribution is 6.22. The highest BCUT2D eigenvalue weighted by Crippen LogP contribution is 2.42. The second-order valence-corrected chi connectivity index (χ2v) is 8.05. The summed E-state index contributed by atoms with van der Waals surface area (Å²) in [7, 11) is 6.52. The van der Waals surface area contributed by atoms with E-state index in [9.17, 15) is 4.79 Å². The van der Waals surface area contributed by atoms with Gasteiger partial charge in [0.15, 0.2) is 5.78 Å². The van der Waals surface area contributed by atoms with E-state index in [4.69, 9.17) is 18.9 Å². The first-order valence-electron chi connectivity index (χ1n) is 10.8. The van der Waals surface area contributed by atoms with Gasteiger partial charge in [-0.15, -0.1) is 0 Å². The van der Waals surface area contributed by atoms with Gasteiger partial charge >= 0.3 is 0 Å². The lowest BCUT2D eigenvalue weighted by molar-refractivity contribution is 0.104. The van der Waals surface area contributed by atoms with Crippen LogP contribution in [0.5, 0.6) is 23.0 Å². The summed E-state index contributed by atoms with van der Waals surface area (Å²) in [5, 5.41) is 0. The molecule has 4 aromatic rings. The Morgan fingerprint density at radius 2 is 0.765 bits per heavy atom. The van der Waals surface area contributed by atoms with E-state index >= 15 is 0 Å². The zero-order chi connectivity index (χ0) is 23.8. The van der Waals surface area contributed by atoms with Gasteiger partial charge in [-0.25, -0.2) is 0 Å². The molecule has 1 aliphatic rings. The van der Waals surface area contributed by atoms with Crippen molar-refractivity contribution in [1.82, 2.24) is 0 Å². The number of rotatable bonds is 6. The van der Waals surface area contributed by atoms with Crippen LogP contribution in [0.15, 0.2) is 72.8 Å². The minimum atomic E-state index is 0.0366. The van der Waals surface area contributed by atoms with Crippen LogP contribution in [-0.4, -0.2) is 34.2 Å². The molecule has 0 bridgehead atoms. The van der Waals surface area contributed by atoms with Gasteiger partial charge in [0.25, 0.3) is 0 Å². The van der Waals surface area contributed by atoms with Crippen molar-refractivity contribution >= 4 is 5.78 Å². The molecule has 0 aliphatic heterocycles. The van der Waals surface area contributed by atoms with E-state index < -0.39 is 0 Å². The number of methoxy groups -OCH3 is 4. The molecular weight excluding hydrogens is 428 g/mol. The SMILES string of the molecule is COc1cc(OC)cc(-c2ccc3c(c2)-c2cc(-c4cc(OC)cc(OC)c4)ccc2C3=O)c1. The van der Waals surface area contributed by atoms with E-state index in [0.717, 1.165) is 33.4 Å². The molecule has 0 spiro atoms. The van der Waals surface area contributed by atoms with Gasteiger partial charge in [0.05, 0.1) is 28.4 Å². The van der Waals surface area contributed by atoms with Gasteiger partial charge in [0.2, 0.25) is 0 Å². The molecule has 5 heteroatoms. The maximum atomic E-state index is 13.1. The highest BCUT2D eigenvalue weighted by atomic mass is 16.5. The summed E-state index contributed by atoms with van der Waals surface area (Å²) in [5.74, 6) is 2.87. The number of hydrogen-bond donors (Lipinski definition) is 0. The van der Waals surface area contributed by atoms with Crippen LogP contribution in [0.1, 0.15) is 15.9 Å². The van der Waals surface area contributed by atoms with E-state index in [1.807, 2.05) is 60.7 Å². The molecule has 0 saturated heterocycles. The number of carbonyl (C=O) groups is 1. The second-order valence-electron chi connectivity index (χ2n) is 8.05. The summed E-state index contributed by atoms with van der Waals surface area (Å²) in [5.41, 5.74) is 7.09. The Hall–Kier alpha value is -4.25. The molecule has 170 valence electrons. The Kier molecular flexibility index (Phi) is 5.46. The maximum Gasteiger partial charge on any atom is 0.194 e. The van der Waals surface area contributed by atoms with Crippen LogP contribution in [0.25, 0.3) is 33.4 Å². The summed E-state index contributed by atoms with van der Waals surface area (Å²) in [4.78, 5) is 13.1. The first-order valence-corrected chi connectivity index (χ1v) is 10.8. The lowest BCUT2D eigenvalue weighted by Gasteiger charge is -2.11. The lowest BCUT2D eigenvalue weighted by atomic mass is 9.96. The number of ether oxygens (including phenoxy) is 4. The number of benzene rings is 4. The van der Waals surface area contributed by atoms with E-state index in [1.54, 1.807) is 28.4 Å². The normalized spacial score (nSPS) is 11.6. The molecule has 1 aliphatic carbocycles. The van der Waals surface area contributed by atoms with Gasteiger partial charge in [-0.3, -0.25) is 4.79 Å². The molecular formula is C29H24O5. The smallest absolute Gasteiger partial charge is 0.194 e. The van der Waals surface area contributed by atoms with Crippen molar-refractivity contribution in [2.75, 3.05) is 28.4 Å². The first-order chi connectivity index (χ1) is 16.5. The molecule has 4 aromatic carbocycles. The fraction of sp³-hybridized carbons (Fsp3) is 0.138. The molecule has 0 radical (unpaired) electrons. The van der Waals surface area contributed by atoms with Crippen LogP contribution in [0, 0.1) is 0 Å². The Labute approximate surface area is 198 Å². The van der Waals surface area contributed by atoms with E-state index in [-0.39, 0.29) is 5.78 Å². The van der Waals surface area contributed by atoms with Gasteiger partial charge in [-0.05, 0) is 81.9 Å². The maximum absolute atomic E-state index is 13.1. The van der Waals surface area contributed by atoms with Crippen molar-refractivity contribution in [2.24, 2.45) is 0 Å². The van der Waals surface area contributed by atoms with Crippen LogP contribution in [-0.2, 0) is 0 Å². The highest BCUT2D eigenvalue weighted by Gasteiger charge is 2.27. The number of hydrogen-bond acceptors (Lipinski definition) is 5. The van der Waals surface area contributed by atoms with E-state index in [2.05, 4.69) is 12.1 Å². The molecule has 34 heavy (non-hydrogen) atoms. The van der Waals surface area contributed by atoms with Crippen LogP contribution in [0.4, 0.5) is 0 Å². The summed E-state index contributed by atoms with van der Waals surface area (Å²) < 4.78 is 21.7. The fourth-order valence-electron chi connectivity index (χ4n) is 4.38. The molecule has 0 saturated carbocycles. The molecule has 0 fully saturated rings. The molecule has 0 atom stereocenters. The van der Waals surface area contributed by atoms with Crippen LogP contribution >= 0.6 is 0 Å². The molecule has 0 N–H and O–H groups in total. The summed E-state index contributed by atoms with van der Waals surface area (Å²) in [6, 6.07) is 23.3. The number of carbonyl (C=O) groups excluding carboxylic acids is 1. The predicted molar refractivity (Wildman–Crippen MR) is 132 cm³/mol. The molecule has 0 aromatic heterocycles. The third kappa shape index (κ3) is 3.65. The van der Waals surface area contributed by atoms with Gasteiger partial charge in [0, 0.05) is 23.3 Å². The van der Waals surface area contributed by atoms with Gasteiger partial charge in [-0.1, -0.05) is 12.1 Å². The number of fused-ring (bicyclic) bond motifs is 3. The second kappa shape index (κ2) is 8.60. The Balaban J connectivity index is 1.63. The van der Waals surface area contributed by atoms with Gasteiger partial charge in [0.1, 0.15) is 23.0 Å². The Bertz CT molecular complexity index is 1270. The van der Waals surface area contributed by atoms with Crippen LogP contribution in [0.2, 0.25) is 0 Å². The van der Waals surface area contributed by atoms with Gasteiger partial charge in [-0.2, -0.15) is 0 Å². The quantitative estimate of drug-likeness (QED) is 0.304.